The summed E-state index contributed by atoms with van der Waals surface area (Å²) < 4.78 is 6.59. The van der Waals surface area contributed by atoms with Crippen molar-refractivity contribution < 1.29 is 14.3 Å². The number of amides is 2. The Kier molecular flexibility index (Phi) is 7.75. The largest absolute Gasteiger partial charge is 0.488 e. The molecule has 2 amide bonds. The van der Waals surface area contributed by atoms with Crippen molar-refractivity contribution in [1.82, 2.24) is 5.43 Å². The third-order valence-corrected chi connectivity index (χ3v) is 6.74. The highest BCUT2D eigenvalue weighted by Crippen LogP contribution is 2.30. The number of hydrogen-bond donors (Lipinski definition) is 2. The Labute approximate surface area is 212 Å². The average molecular weight is 543 g/mol. The van der Waals surface area contributed by atoms with Crippen LogP contribution in [-0.2, 0) is 22.6 Å². The number of benzene rings is 3. The number of nitrogens with one attached hydrogen (secondary N) is 2. The van der Waals surface area contributed by atoms with Crippen LogP contribution in [0.3, 0.4) is 0 Å². The molecule has 3 aromatic rings. The van der Waals surface area contributed by atoms with Crippen molar-refractivity contribution in [2.24, 2.45) is 5.92 Å². The Bertz CT molecular complexity index is 1190. The zero-order valence-corrected chi connectivity index (χ0v) is 21.0. The first-order valence-corrected chi connectivity index (χ1v) is 12.2. The Morgan fingerprint density at radius 3 is 2.62 bits per heavy atom. The molecule has 0 aromatic heterocycles. The number of nitrogens with zero attached hydrogens (tertiary/aromatic N) is 1. The molecule has 3 aromatic carbocycles. The number of ether oxygens (including phenoxy) is 1. The third-order valence-electron chi connectivity index (χ3n) is 5.76. The quantitative estimate of drug-likeness (QED) is 0.356. The molecule has 0 saturated carbocycles. The number of carbonyl (C=O) groups excluding carboxylic acids is 2. The van der Waals surface area contributed by atoms with Gasteiger partial charge in [-0.25, -0.2) is 0 Å². The van der Waals surface area contributed by atoms with Gasteiger partial charge in [-0.2, -0.15) is 0 Å². The number of carbonyl (C=O) groups is 2. The zero-order valence-electron chi connectivity index (χ0n) is 18.7. The van der Waals surface area contributed by atoms with Crippen LogP contribution in [0.5, 0.6) is 5.75 Å². The highest BCUT2D eigenvalue weighted by Gasteiger charge is 2.35. The second-order valence-corrected chi connectivity index (χ2v) is 9.33. The molecule has 1 saturated heterocycles. The third kappa shape index (κ3) is 5.72. The zero-order chi connectivity index (χ0) is 24.1. The van der Waals surface area contributed by atoms with Crippen LogP contribution in [-0.4, -0.2) is 18.4 Å². The highest BCUT2D eigenvalue weighted by molar-refractivity contribution is 9.10. The summed E-state index contributed by atoms with van der Waals surface area (Å²) >= 11 is 9.68. The van der Waals surface area contributed by atoms with Gasteiger partial charge in [0.1, 0.15) is 12.4 Å². The van der Waals surface area contributed by atoms with Gasteiger partial charge in [0.25, 0.3) is 0 Å². The SMILES string of the molecule is CCc1ccc(N2C[C@H](C(=O)NNc3ccc(OCc4ccccc4Cl)c(Br)c3)CC2=O)cc1. The number of hydrazine groups is 1. The van der Waals surface area contributed by atoms with Gasteiger partial charge in [-0.05, 0) is 64.3 Å². The number of halogens is 2. The normalized spacial score (nSPS) is 15.3. The van der Waals surface area contributed by atoms with Crippen LogP contribution in [0.25, 0.3) is 0 Å². The molecule has 0 unspecified atom stereocenters. The second kappa shape index (κ2) is 10.9. The van der Waals surface area contributed by atoms with Crippen LogP contribution in [0.2, 0.25) is 5.02 Å². The molecule has 4 rings (SSSR count). The van der Waals surface area contributed by atoms with Gasteiger partial charge in [-0.15, -0.1) is 0 Å². The lowest BCUT2D eigenvalue weighted by atomic mass is 10.1. The summed E-state index contributed by atoms with van der Waals surface area (Å²) in [6.07, 6.45) is 1.12. The van der Waals surface area contributed by atoms with Crippen LogP contribution >= 0.6 is 27.5 Å². The Morgan fingerprint density at radius 1 is 1.15 bits per heavy atom. The molecule has 6 nitrogen and oxygen atoms in total. The minimum Gasteiger partial charge on any atom is -0.488 e. The van der Waals surface area contributed by atoms with E-state index in [-0.39, 0.29) is 18.2 Å². The maximum Gasteiger partial charge on any atom is 0.243 e. The predicted octanol–water partition coefficient (Wildman–Crippen LogP) is 5.74. The molecule has 1 atom stereocenters. The molecular formula is C26H25BrClN3O3. The maximum atomic E-state index is 12.7. The second-order valence-electron chi connectivity index (χ2n) is 8.06. The molecule has 0 bridgehead atoms. The van der Waals surface area contributed by atoms with Crippen molar-refractivity contribution in [3.8, 4) is 5.75 Å². The van der Waals surface area contributed by atoms with Gasteiger partial charge in [0.2, 0.25) is 11.8 Å². The van der Waals surface area contributed by atoms with Crippen molar-refractivity contribution in [3.05, 3.63) is 87.4 Å². The van der Waals surface area contributed by atoms with Gasteiger partial charge in [-0.3, -0.25) is 20.4 Å². The van der Waals surface area contributed by atoms with E-state index in [1.165, 1.54) is 5.56 Å². The fourth-order valence-corrected chi connectivity index (χ4v) is 4.43. The molecule has 1 aliphatic rings. The molecule has 1 aliphatic heterocycles. The van der Waals surface area contributed by atoms with Crippen LogP contribution in [0, 0.1) is 5.92 Å². The molecule has 0 aliphatic carbocycles. The summed E-state index contributed by atoms with van der Waals surface area (Å²) in [5, 5.41) is 0.654. The van der Waals surface area contributed by atoms with Gasteiger partial charge in [0, 0.05) is 29.2 Å². The summed E-state index contributed by atoms with van der Waals surface area (Å²) in [6.45, 7) is 2.79. The van der Waals surface area contributed by atoms with E-state index in [0.29, 0.717) is 29.6 Å². The average Bonchev–Trinajstić information content (AvgIpc) is 3.24. The summed E-state index contributed by atoms with van der Waals surface area (Å²) in [7, 11) is 0. The Balaban J connectivity index is 1.30. The molecule has 0 radical (unpaired) electrons. The smallest absolute Gasteiger partial charge is 0.243 e. The lowest BCUT2D eigenvalue weighted by Gasteiger charge is -2.17. The topological polar surface area (TPSA) is 70.7 Å². The number of aryl methyl sites for hydroxylation is 1. The lowest BCUT2D eigenvalue weighted by Crippen LogP contribution is -2.36. The van der Waals surface area contributed by atoms with Crippen molar-refractivity contribution >= 4 is 50.7 Å². The van der Waals surface area contributed by atoms with E-state index in [4.69, 9.17) is 16.3 Å². The van der Waals surface area contributed by atoms with E-state index in [9.17, 15) is 9.59 Å². The Morgan fingerprint density at radius 2 is 1.91 bits per heavy atom. The molecule has 8 heteroatoms. The fourth-order valence-electron chi connectivity index (χ4n) is 3.75. The van der Waals surface area contributed by atoms with E-state index in [1.54, 1.807) is 17.0 Å². The molecule has 176 valence electrons. The van der Waals surface area contributed by atoms with Gasteiger partial charge in [-0.1, -0.05) is 48.9 Å². The minimum atomic E-state index is -0.424. The van der Waals surface area contributed by atoms with Crippen LogP contribution in [0.15, 0.2) is 71.2 Å². The van der Waals surface area contributed by atoms with Gasteiger partial charge in [0.15, 0.2) is 0 Å². The summed E-state index contributed by atoms with van der Waals surface area (Å²) in [6, 6.07) is 20.8. The molecular weight excluding hydrogens is 518 g/mol. The fraction of sp³-hybridized carbons (Fsp3) is 0.231. The lowest BCUT2D eigenvalue weighted by molar-refractivity contribution is -0.125. The van der Waals surface area contributed by atoms with Crippen molar-refractivity contribution in [2.75, 3.05) is 16.9 Å². The van der Waals surface area contributed by atoms with Crippen molar-refractivity contribution in [2.45, 2.75) is 26.4 Å². The minimum absolute atomic E-state index is 0.0489. The molecule has 2 N–H and O–H groups in total. The van der Waals surface area contributed by atoms with E-state index < -0.39 is 5.92 Å². The van der Waals surface area contributed by atoms with E-state index in [1.807, 2.05) is 54.6 Å². The molecule has 1 fully saturated rings. The summed E-state index contributed by atoms with van der Waals surface area (Å²) in [5.74, 6) is -0.0428. The van der Waals surface area contributed by atoms with Crippen LogP contribution in [0.1, 0.15) is 24.5 Å². The van der Waals surface area contributed by atoms with E-state index in [2.05, 4.69) is 33.7 Å². The number of hydrogen-bond acceptors (Lipinski definition) is 4. The molecule has 1 heterocycles. The molecule has 0 spiro atoms. The van der Waals surface area contributed by atoms with Crippen LogP contribution in [0.4, 0.5) is 11.4 Å². The monoisotopic (exact) mass is 541 g/mol. The summed E-state index contributed by atoms with van der Waals surface area (Å²) in [4.78, 5) is 26.8. The standard InChI is InChI=1S/C26H25BrClN3O3/c1-2-17-7-10-21(11-8-17)31-15-19(13-25(31)32)26(33)30-29-20-9-12-24(22(27)14-20)34-16-18-5-3-4-6-23(18)28/h3-12,14,19,29H,2,13,15-16H2,1H3,(H,30,33)/t19-/m1/s1. The first-order chi connectivity index (χ1) is 16.4. The summed E-state index contributed by atoms with van der Waals surface area (Å²) in [5.41, 5.74) is 9.24. The number of rotatable bonds is 8. The first kappa shape index (κ1) is 24.1. The van der Waals surface area contributed by atoms with Crippen molar-refractivity contribution in [3.63, 3.8) is 0 Å². The van der Waals surface area contributed by atoms with E-state index in [0.717, 1.165) is 22.1 Å². The van der Waals surface area contributed by atoms with E-state index >= 15 is 0 Å². The molecule has 34 heavy (non-hydrogen) atoms. The van der Waals surface area contributed by atoms with Crippen LogP contribution < -0.4 is 20.5 Å². The predicted molar refractivity (Wildman–Crippen MR) is 138 cm³/mol. The number of anilines is 2. The highest BCUT2D eigenvalue weighted by atomic mass is 79.9. The Hall–Kier alpha value is -3.03. The van der Waals surface area contributed by atoms with Gasteiger partial charge in [0.05, 0.1) is 16.1 Å². The van der Waals surface area contributed by atoms with Gasteiger partial charge < -0.3 is 9.64 Å². The van der Waals surface area contributed by atoms with Gasteiger partial charge >= 0.3 is 0 Å². The first-order valence-electron chi connectivity index (χ1n) is 11.1. The van der Waals surface area contributed by atoms with Crippen molar-refractivity contribution in [1.29, 1.82) is 0 Å². The maximum absolute atomic E-state index is 12.7.